The molecule has 2 N–H and O–H groups in total. The van der Waals surface area contributed by atoms with Gasteiger partial charge in [0.2, 0.25) is 0 Å². The summed E-state index contributed by atoms with van der Waals surface area (Å²) in [5.41, 5.74) is 2.33. The number of piperidine rings is 1. The molecule has 5 fully saturated rings. The molecule has 0 aromatic carbocycles. The third kappa shape index (κ3) is 2.55. The molecule has 4 aliphatic carbocycles. The van der Waals surface area contributed by atoms with Crippen molar-refractivity contribution in [1.29, 1.82) is 0 Å². The maximum atomic E-state index is 10.3. The predicted molar refractivity (Wildman–Crippen MR) is 120 cm³/mol. The number of allylic oxidation sites excluding steroid dienone is 1. The van der Waals surface area contributed by atoms with E-state index < -0.39 is 0 Å². The molecule has 2 aliphatic heterocycles. The van der Waals surface area contributed by atoms with Crippen LogP contribution in [0.25, 0.3) is 0 Å². The van der Waals surface area contributed by atoms with Crippen LogP contribution in [0.15, 0.2) is 11.6 Å². The van der Waals surface area contributed by atoms with Gasteiger partial charge in [0, 0.05) is 12.5 Å². The molecule has 6 rings (SSSR count). The van der Waals surface area contributed by atoms with Crippen LogP contribution in [0.5, 0.6) is 0 Å². The number of ether oxygens (including phenoxy) is 1. The largest absolute Gasteiger partial charge is 0.393 e. The Hall–Kier alpha value is -0.380. The molecule has 1 spiro atoms. The van der Waals surface area contributed by atoms with E-state index in [0.29, 0.717) is 22.9 Å². The molecule has 0 aromatic rings. The minimum atomic E-state index is -0.100. The number of fused-ring (bicyclic) bond motifs is 7. The highest BCUT2D eigenvalue weighted by atomic mass is 16.5. The Balaban J connectivity index is 1.28. The van der Waals surface area contributed by atoms with Gasteiger partial charge in [0.05, 0.1) is 12.2 Å². The van der Waals surface area contributed by atoms with E-state index in [1.165, 1.54) is 44.9 Å². The lowest BCUT2D eigenvalue weighted by Gasteiger charge is -2.58. The summed E-state index contributed by atoms with van der Waals surface area (Å²) in [7, 11) is 0. The zero-order valence-electron chi connectivity index (χ0n) is 19.6. The second-order valence-electron chi connectivity index (χ2n) is 12.8. The van der Waals surface area contributed by atoms with Crippen molar-refractivity contribution in [3.63, 3.8) is 0 Å². The van der Waals surface area contributed by atoms with Gasteiger partial charge in [-0.1, -0.05) is 39.3 Å². The molecule has 0 radical (unpaired) electrons. The molecule has 0 bridgehead atoms. The van der Waals surface area contributed by atoms with E-state index in [1.807, 2.05) is 0 Å². The molecule has 11 atom stereocenters. The summed E-state index contributed by atoms with van der Waals surface area (Å²) < 4.78 is 7.00. The Morgan fingerprint density at radius 1 is 1.07 bits per heavy atom. The summed E-state index contributed by atoms with van der Waals surface area (Å²) in [5, 5.41) is 14.1. The van der Waals surface area contributed by atoms with E-state index in [1.54, 1.807) is 5.57 Å². The van der Waals surface area contributed by atoms with Crippen molar-refractivity contribution in [2.75, 3.05) is 6.54 Å². The molecule has 168 valence electrons. The minimum Gasteiger partial charge on any atom is -0.393 e. The zero-order chi connectivity index (χ0) is 20.9. The fourth-order valence-electron chi connectivity index (χ4n) is 9.84. The first kappa shape index (κ1) is 20.2. The number of aliphatic hydroxyl groups excluding tert-OH is 1. The number of aliphatic hydroxyl groups is 1. The Bertz CT molecular complexity index is 739. The van der Waals surface area contributed by atoms with Crippen molar-refractivity contribution in [3.05, 3.63) is 11.6 Å². The summed E-state index contributed by atoms with van der Waals surface area (Å²) in [5.74, 6) is 4.58. The van der Waals surface area contributed by atoms with Crippen LogP contribution in [0.2, 0.25) is 0 Å². The van der Waals surface area contributed by atoms with E-state index in [2.05, 4.69) is 39.1 Å². The third-order valence-corrected chi connectivity index (χ3v) is 11.6. The van der Waals surface area contributed by atoms with Crippen molar-refractivity contribution >= 4 is 0 Å². The smallest absolute Gasteiger partial charge is 0.122 e. The standard InChI is InChI=1S/C27H43NO2/c1-16-7-12-27(28-15-16)17(2)24-23(30-27)14-22-20-6-5-18-13-19(29)8-10-25(18,3)21(20)9-11-26(22,24)4/h5,16-17,19-24,28-29H,6-15H2,1-4H3/t16-,17+,19?,20?,21?,22+,23?,24?,25?,26?,27-/m0/s1. The Labute approximate surface area is 183 Å². The van der Waals surface area contributed by atoms with E-state index in [0.717, 1.165) is 49.0 Å². The molecule has 3 saturated carbocycles. The predicted octanol–water partition coefficient (Wildman–Crippen LogP) is 5.29. The second kappa shape index (κ2) is 6.58. The average Bonchev–Trinajstić information content (AvgIpc) is 3.16. The van der Waals surface area contributed by atoms with Crippen molar-refractivity contribution in [3.8, 4) is 0 Å². The molecule has 2 heterocycles. The summed E-state index contributed by atoms with van der Waals surface area (Å²) in [4.78, 5) is 0. The molecule has 30 heavy (non-hydrogen) atoms. The summed E-state index contributed by atoms with van der Waals surface area (Å²) in [6, 6.07) is 0. The fraction of sp³-hybridized carbons (Fsp3) is 0.926. The Morgan fingerprint density at radius 2 is 1.90 bits per heavy atom. The van der Waals surface area contributed by atoms with Gasteiger partial charge >= 0.3 is 0 Å². The van der Waals surface area contributed by atoms with Gasteiger partial charge in [-0.05, 0) is 98.2 Å². The molecule has 0 aromatic heterocycles. The number of hydrogen-bond acceptors (Lipinski definition) is 3. The maximum absolute atomic E-state index is 10.3. The number of rotatable bonds is 0. The van der Waals surface area contributed by atoms with Crippen LogP contribution in [-0.4, -0.2) is 29.6 Å². The Morgan fingerprint density at radius 3 is 2.67 bits per heavy atom. The fourth-order valence-corrected chi connectivity index (χ4v) is 9.84. The van der Waals surface area contributed by atoms with Crippen LogP contribution < -0.4 is 5.32 Å². The minimum absolute atomic E-state index is 0.0439. The van der Waals surface area contributed by atoms with Gasteiger partial charge in [-0.3, -0.25) is 5.32 Å². The first-order valence-electron chi connectivity index (χ1n) is 13.1. The summed E-state index contributed by atoms with van der Waals surface area (Å²) in [6.45, 7) is 11.2. The molecule has 3 nitrogen and oxygen atoms in total. The van der Waals surface area contributed by atoms with E-state index in [-0.39, 0.29) is 11.8 Å². The Kier molecular flexibility index (Phi) is 4.44. The van der Waals surface area contributed by atoms with Crippen LogP contribution in [0.4, 0.5) is 0 Å². The van der Waals surface area contributed by atoms with Crippen molar-refractivity contribution in [2.24, 2.45) is 46.3 Å². The molecular formula is C27H43NO2. The summed E-state index contributed by atoms with van der Waals surface area (Å²) in [6.07, 6.45) is 13.8. The highest BCUT2D eigenvalue weighted by molar-refractivity contribution is 5.26. The second-order valence-corrected chi connectivity index (χ2v) is 12.8. The first-order chi connectivity index (χ1) is 14.3. The lowest BCUT2D eigenvalue weighted by Crippen LogP contribution is -2.57. The quantitative estimate of drug-likeness (QED) is 0.530. The summed E-state index contributed by atoms with van der Waals surface area (Å²) >= 11 is 0. The highest BCUT2D eigenvalue weighted by Crippen LogP contribution is 2.70. The SMILES string of the molecule is C[C@H]1CC[C@]2(NC1)OC1C[C@@H]3C4CC=C5CC(O)CCC5(C)C4CCC3(C)C1[C@H]2C. The first-order valence-corrected chi connectivity index (χ1v) is 13.1. The van der Waals surface area contributed by atoms with Crippen LogP contribution >= 0.6 is 0 Å². The highest BCUT2D eigenvalue weighted by Gasteiger charge is 2.68. The van der Waals surface area contributed by atoms with Gasteiger partial charge in [0.25, 0.3) is 0 Å². The molecule has 6 aliphatic rings. The van der Waals surface area contributed by atoms with Crippen LogP contribution in [0.3, 0.4) is 0 Å². The van der Waals surface area contributed by atoms with E-state index >= 15 is 0 Å². The number of nitrogens with one attached hydrogen (secondary N) is 1. The molecule has 7 unspecified atom stereocenters. The van der Waals surface area contributed by atoms with Crippen molar-refractivity contribution < 1.29 is 9.84 Å². The maximum Gasteiger partial charge on any atom is 0.122 e. The molecule has 3 heteroatoms. The average molecular weight is 414 g/mol. The van der Waals surface area contributed by atoms with Crippen LogP contribution in [-0.2, 0) is 4.74 Å². The monoisotopic (exact) mass is 413 g/mol. The van der Waals surface area contributed by atoms with Gasteiger partial charge in [-0.15, -0.1) is 0 Å². The molecular weight excluding hydrogens is 370 g/mol. The molecule has 2 saturated heterocycles. The van der Waals surface area contributed by atoms with Gasteiger partial charge in [0.1, 0.15) is 5.72 Å². The van der Waals surface area contributed by atoms with E-state index in [4.69, 9.17) is 4.74 Å². The normalized spacial score (nSPS) is 59.8. The zero-order valence-corrected chi connectivity index (χ0v) is 19.6. The van der Waals surface area contributed by atoms with Crippen molar-refractivity contribution in [2.45, 2.75) is 103 Å². The van der Waals surface area contributed by atoms with Gasteiger partial charge in [-0.25, -0.2) is 0 Å². The topological polar surface area (TPSA) is 41.5 Å². The van der Waals surface area contributed by atoms with Gasteiger partial charge in [0.15, 0.2) is 0 Å². The van der Waals surface area contributed by atoms with Gasteiger partial charge in [-0.2, -0.15) is 0 Å². The van der Waals surface area contributed by atoms with Crippen LogP contribution in [0.1, 0.15) is 85.5 Å². The lowest BCUT2D eigenvalue weighted by molar-refractivity contribution is -0.115. The van der Waals surface area contributed by atoms with Crippen molar-refractivity contribution in [1.82, 2.24) is 5.32 Å². The number of hydrogen-bond donors (Lipinski definition) is 2. The van der Waals surface area contributed by atoms with Crippen LogP contribution in [0, 0.1) is 46.3 Å². The third-order valence-electron chi connectivity index (χ3n) is 11.6. The lowest BCUT2D eigenvalue weighted by atomic mass is 9.47. The van der Waals surface area contributed by atoms with E-state index in [9.17, 15) is 5.11 Å². The molecule has 0 amide bonds. The van der Waals surface area contributed by atoms with Gasteiger partial charge < -0.3 is 9.84 Å².